The highest BCUT2D eigenvalue weighted by Gasteiger charge is 2.02. The van der Waals surface area contributed by atoms with Crippen molar-refractivity contribution in [3.05, 3.63) is 24.0 Å². The Hall–Kier alpha value is -1.25. The normalized spacial score (nSPS) is 10.1. The number of methoxy groups -OCH3 is 1. The highest BCUT2D eigenvalue weighted by atomic mass is 19.1. The van der Waals surface area contributed by atoms with E-state index in [1.807, 2.05) is 0 Å². The van der Waals surface area contributed by atoms with Crippen LogP contribution in [0, 0.1) is 5.82 Å². The van der Waals surface area contributed by atoms with Gasteiger partial charge in [0.1, 0.15) is 11.6 Å². The number of benzene rings is 1. The van der Waals surface area contributed by atoms with Crippen LogP contribution >= 0.6 is 0 Å². The molecule has 0 heterocycles. The molecule has 84 valence electrons. The fraction of sp³-hybridized carbons (Fsp3) is 0.500. The molecule has 1 rings (SSSR count). The van der Waals surface area contributed by atoms with Crippen LogP contribution in [0.5, 0.6) is 5.75 Å². The second-order valence-electron chi connectivity index (χ2n) is 3.48. The number of unbranched alkanes of at least 4 members (excludes halogenated alkanes) is 2. The van der Waals surface area contributed by atoms with Crippen LogP contribution in [0.1, 0.15) is 26.2 Å². The molecule has 0 radical (unpaired) electrons. The lowest BCUT2D eigenvalue weighted by Gasteiger charge is -2.08. The molecule has 0 unspecified atom stereocenters. The summed E-state index contributed by atoms with van der Waals surface area (Å²) in [7, 11) is 1.58. The first-order chi connectivity index (χ1) is 7.27. The molecule has 0 aliphatic rings. The van der Waals surface area contributed by atoms with Crippen molar-refractivity contribution >= 4 is 5.69 Å². The first-order valence-electron chi connectivity index (χ1n) is 5.35. The van der Waals surface area contributed by atoms with Gasteiger partial charge in [-0.15, -0.1) is 0 Å². The van der Waals surface area contributed by atoms with Crippen molar-refractivity contribution in [2.45, 2.75) is 26.2 Å². The third-order valence-corrected chi connectivity index (χ3v) is 2.27. The van der Waals surface area contributed by atoms with Gasteiger partial charge in [-0.3, -0.25) is 0 Å². The van der Waals surface area contributed by atoms with Gasteiger partial charge in [0.05, 0.1) is 12.8 Å². The molecule has 3 heteroatoms. The van der Waals surface area contributed by atoms with Crippen molar-refractivity contribution in [1.29, 1.82) is 0 Å². The van der Waals surface area contributed by atoms with Crippen LogP contribution in [0.3, 0.4) is 0 Å². The SMILES string of the molecule is CCCCCNc1cc(OC)ccc1F. The standard InChI is InChI=1S/C12H18FNO/c1-3-4-5-8-14-12-9-10(15-2)6-7-11(12)13/h6-7,9,14H,3-5,8H2,1-2H3. The number of anilines is 1. The van der Waals surface area contributed by atoms with Crippen molar-refractivity contribution in [3.63, 3.8) is 0 Å². The van der Waals surface area contributed by atoms with Gasteiger partial charge < -0.3 is 10.1 Å². The zero-order valence-corrected chi connectivity index (χ0v) is 9.35. The number of halogens is 1. The summed E-state index contributed by atoms with van der Waals surface area (Å²) < 4.78 is 18.3. The number of nitrogens with one attached hydrogen (secondary N) is 1. The van der Waals surface area contributed by atoms with Gasteiger partial charge in [0.25, 0.3) is 0 Å². The summed E-state index contributed by atoms with van der Waals surface area (Å²) >= 11 is 0. The molecule has 2 nitrogen and oxygen atoms in total. The summed E-state index contributed by atoms with van der Waals surface area (Å²) in [6.07, 6.45) is 3.40. The molecule has 0 aliphatic carbocycles. The first kappa shape index (κ1) is 11.8. The van der Waals surface area contributed by atoms with E-state index in [1.165, 1.54) is 18.9 Å². The number of hydrogen-bond acceptors (Lipinski definition) is 2. The second kappa shape index (κ2) is 6.27. The van der Waals surface area contributed by atoms with Crippen LogP contribution < -0.4 is 10.1 Å². The van der Waals surface area contributed by atoms with Gasteiger partial charge in [-0.2, -0.15) is 0 Å². The average Bonchev–Trinajstić information content (AvgIpc) is 2.26. The van der Waals surface area contributed by atoms with Gasteiger partial charge in [0.15, 0.2) is 0 Å². The maximum absolute atomic E-state index is 13.3. The molecule has 0 fully saturated rings. The molecule has 0 aromatic heterocycles. The van der Waals surface area contributed by atoms with E-state index in [-0.39, 0.29) is 5.82 Å². The maximum Gasteiger partial charge on any atom is 0.146 e. The molecule has 15 heavy (non-hydrogen) atoms. The van der Waals surface area contributed by atoms with Crippen LogP contribution in [0.25, 0.3) is 0 Å². The second-order valence-corrected chi connectivity index (χ2v) is 3.48. The van der Waals surface area contributed by atoms with E-state index in [0.717, 1.165) is 13.0 Å². The lowest BCUT2D eigenvalue weighted by molar-refractivity contribution is 0.414. The third-order valence-electron chi connectivity index (χ3n) is 2.27. The highest BCUT2D eigenvalue weighted by molar-refractivity contribution is 5.49. The predicted molar refractivity (Wildman–Crippen MR) is 61.0 cm³/mol. The Morgan fingerprint density at radius 1 is 1.33 bits per heavy atom. The van der Waals surface area contributed by atoms with Crippen LogP contribution in [0.4, 0.5) is 10.1 Å². The van der Waals surface area contributed by atoms with E-state index in [4.69, 9.17) is 4.74 Å². The van der Waals surface area contributed by atoms with Crippen LogP contribution in [0.15, 0.2) is 18.2 Å². The predicted octanol–water partition coefficient (Wildman–Crippen LogP) is 3.44. The Balaban J connectivity index is 2.51. The molecule has 0 amide bonds. The third kappa shape index (κ3) is 3.78. The molecule has 0 spiro atoms. The fourth-order valence-corrected chi connectivity index (χ4v) is 1.36. The van der Waals surface area contributed by atoms with Crippen LogP contribution in [-0.2, 0) is 0 Å². The van der Waals surface area contributed by atoms with Gasteiger partial charge in [-0.1, -0.05) is 19.8 Å². The zero-order valence-electron chi connectivity index (χ0n) is 9.35. The molecule has 1 N–H and O–H groups in total. The zero-order chi connectivity index (χ0) is 11.1. The molecule has 1 aromatic carbocycles. The van der Waals surface area contributed by atoms with Crippen molar-refractivity contribution in [3.8, 4) is 5.75 Å². The van der Waals surface area contributed by atoms with Gasteiger partial charge in [0, 0.05) is 12.6 Å². The van der Waals surface area contributed by atoms with Gasteiger partial charge in [-0.25, -0.2) is 4.39 Å². The largest absolute Gasteiger partial charge is 0.497 e. The minimum atomic E-state index is -0.229. The lowest BCUT2D eigenvalue weighted by atomic mass is 10.2. The fourth-order valence-electron chi connectivity index (χ4n) is 1.36. The summed E-state index contributed by atoms with van der Waals surface area (Å²) in [4.78, 5) is 0. The van der Waals surface area contributed by atoms with Crippen molar-refractivity contribution in [2.24, 2.45) is 0 Å². The van der Waals surface area contributed by atoms with E-state index < -0.39 is 0 Å². The molecule has 0 saturated carbocycles. The monoisotopic (exact) mass is 211 g/mol. The maximum atomic E-state index is 13.3. The number of rotatable bonds is 6. The summed E-state index contributed by atoms with van der Waals surface area (Å²) in [5, 5.41) is 3.07. The summed E-state index contributed by atoms with van der Waals surface area (Å²) in [6, 6.07) is 4.72. The Kier molecular flexibility index (Phi) is 4.95. The van der Waals surface area contributed by atoms with E-state index >= 15 is 0 Å². The molecular formula is C12H18FNO. The summed E-state index contributed by atoms with van der Waals surface area (Å²) in [5.41, 5.74) is 0.519. The van der Waals surface area contributed by atoms with E-state index in [0.29, 0.717) is 11.4 Å². The summed E-state index contributed by atoms with van der Waals surface area (Å²) in [5.74, 6) is 0.446. The smallest absolute Gasteiger partial charge is 0.146 e. The average molecular weight is 211 g/mol. The van der Waals surface area contributed by atoms with Crippen molar-refractivity contribution in [2.75, 3.05) is 19.0 Å². The Labute approximate surface area is 90.4 Å². The highest BCUT2D eigenvalue weighted by Crippen LogP contribution is 2.20. The Morgan fingerprint density at radius 2 is 2.13 bits per heavy atom. The van der Waals surface area contributed by atoms with Crippen molar-refractivity contribution in [1.82, 2.24) is 0 Å². The van der Waals surface area contributed by atoms with E-state index in [9.17, 15) is 4.39 Å². The Bertz CT molecular complexity index is 302. The molecule has 0 saturated heterocycles. The van der Waals surface area contributed by atoms with Crippen LogP contribution in [-0.4, -0.2) is 13.7 Å². The minimum absolute atomic E-state index is 0.229. The molecule has 0 atom stereocenters. The number of ether oxygens (including phenoxy) is 1. The quantitative estimate of drug-likeness (QED) is 0.728. The molecule has 0 bridgehead atoms. The van der Waals surface area contributed by atoms with Gasteiger partial charge in [0.2, 0.25) is 0 Å². The van der Waals surface area contributed by atoms with Gasteiger partial charge >= 0.3 is 0 Å². The Morgan fingerprint density at radius 3 is 2.80 bits per heavy atom. The van der Waals surface area contributed by atoms with Gasteiger partial charge in [-0.05, 0) is 18.6 Å². The number of hydrogen-bond donors (Lipinski definition) is 1. The van der Waals surface area contributed by atoms with Crippen molar-refractivity contribution < 1.29 is 9.13 Å². The van der Waals surface area contributed by atoms with Crippen LogP contribution in [0.2, 0.25) is 0 Å². The molecular weight excluding hydrogens is 193 g/mol. The summed E-state index contributed by atoms with van der Waals surface area (Å²) in [6.45, 7) is 2.95. The first-order valence-corrected chi connectivity index (χ1v) is 5.35. The van der Waals surface area contributed by atoms with E-state index in [2.05, 4.69) is 12.2 Å². The lowest BCUT2D eigenvalue weighted by Crippen LogP contribution is -2.03. The molecule has 1 aromatic rings. The minimum Gasteiger partial charge on any atom is -0.497 e. The molecule has 0 aliphatic heterocycles. The van der Waals surface area contributed by atoms with E-state index in [1.54, 1.807) is 19.2 Å². The topological polar surface area (TPSA) is 21.3 Å².